The van der Waals surface area contributed by atoms with Gasteiger partial charge in [-0.3, -0.25) is 43.7 Å². The molecule has 2 saturated heterocycles. The molecule has 4 saturated carbocycles. The van der Waals surface area contributed by atoms with Crippen molar-refractivity contribution in [1.29, 1.82) is 0 Å². The Bertz CT molecular complexity index is 5240. The summed E-state index contributed by atoms with van der Waals surface area (Å²) >= 11 is 14.5. The molecule has 0 spiro atoms. The van der Waals surface area contributed by atoms with Crippen LogP contribution >= 0.6 is 23.2 Å². The second kappa shape index (κ2) is 40.5. The summed E-state index contributed by atoms with van der Waals surface area (Å²) < 4.78 is 51.0. The van der Waals surface area contributed by atoms with Crippen molar-refractivity contribution >= 4 is 82.2 Å². The van der Waals surface area contributed by atoms with E-state index in [1.165, 1.54) is 57.3 Å². The number of nitrogens with one attached hydrogen (secondary N) is 11. The van der Waals surface area contributed by atoms with Crippen LogP contribution in [0.1, 0.15) is 156 Å². The Morgan fingerprint density at radius 3 is 1.95 bits per heavy atom. The zero-order chi connectivity index (χ0) is 93.2. The van der Waals surface area contributed by atoms with E-state index < -0.39 is 232 Å². The highest BCUT2D eigenvalue weighted by atomic mass is 35.5. The SMILES string of the molecule is CCCOCc1ccc(NC(=O)NC(=O)C[C@@H]2NC(=O)[C@H](NC(=O)[C@@H](CC(C)C)NC)[C@H](O)c3ccc(c(Cl)c3)Oc3cc4cc(c3O[C@@H]3O[C@H](CO)[C@@H](O)[C@H](O)[C@H]3O[C@H]3C[C@](C)(N)[C@H](O)[C@H](C)O3)Oc3ccc(cc3Cl)[C@@H](O)[C@@H]3NC(=O)[C@H](NC(=O)[C@@H]4NC2=O)c2ccc(O)c(c2)-c2c(O)cc(O)cc2[C@@H](C(=O)NC2C4CC5CC(C4)CC2C5)NC3=O)cc1OCCNC. The van der Waals surface area contributed by atoms with Gasteiger partial charge in [-0.25, -0.2) is 4.79 Å². The Morgan fingerprint density at radius 2 is 1.32 bits per heavy atom. The molecule has 22 N–H and O–H groups in total. The van der Waals surface area contributed by atoms with Crippen molar-refractivity contribution in [3.63, 3.8) is 0 Å². The van der Waals surface area contributed by atoms with E-state index in [0.717, 1.165) is 86.7 Å². The van der Waals surface area contributed by atoms with Crippen molar-refractivity contribution in [2.75, 3.05) is 45.8 Å². The molecule has 6 aromatic carbocycles. The van der Waals surface area contributed by atoms with Crippen molar-refractivity contribution in [3.8, 4) is 62.9 Å². The van der Waals surface area contributed by atoms with Gasteiger partial charge < -0.3 is 143 Å². The summed E-state index contributed by atoms with van der Waals surface area (Å²) in [5.41, 5.74) is 3.56. The number of amides is 10. The maximum Gasteiger partial charge on any atom is 0.325 e. The molecule has 17 rings (SSSR count). The third kappa shape index (κ3) is 21.1. The van der Waals surface area contributed by atoms with Crippen LogP contribution in [0.5, 0.6) is 51.7 Å². The lowest BCUT2D eigenvalue weighted by Crippen LogP contribution is -2.64. The summed E-state index contributed by atoms with van der Waals surface area (Å²) in [6, 6.07) is 3.07. The number of aliphatic hydroxyl groups is 6. The van der Waals surface area contributed by atoms with Crippen molar-refractivity contribution in [1.82, 2.24) is 53.2 Å². The standard InChI is InChI=1S/C90H110Cl2N12O26/c1-8-18-123-37-45-9-13-49(31-61(45)124-19-17-94-6)96-89(122)98-65(109)34-56-82(116)100-70-48-29-62(126-59-15-11-43(27-53(59)91)74(110)72(86(120)97-56)103-81(115)55(95-7)20-38(2)3)78(130-88-79(77(113)76(112)64(36-105)128-88)129-66-35-90(5,93)80(114)39(4)125-66)63(30-48)127-60-16-12-44(28-54(60)92)75(111)73-87(121)102-71(85(119)99-68-46-22-40-21-41(24-46)25-47(68)23-40)52-32-50(106)33-58(108)67(52)51-26-42(10-14-57(51)107)69(83(117)104-73)101-84(70)118/h9-16,26-33,38-41,46-47,55-56,64,66,68-77,79-80,88,94-95,105-108,110-114H,8,17-25,34-37,93H2,1-7H3,(H,97,120)(H,99,119)(H,100,116)(H,101,118)(H,102,121)(H,103,115)(H,104,117)(H2,96,98,109,122)/t39-,40?,41?,46?,47?,55+,56-,64+,66-,68?,69+,70+,71-,72+,73-,74+,75+,76+,77-,79+,80+,88-,90-/m0/s1. The quantitative estimate of drug-likeness (QED) is 0.0396. The smallest absolute Gasteiger partial charge is 0.325 e. The van der Waals surface area contributed by atoms with Crippen molar-refractivity contribution in [2.24, 2.45) is 35.3 Å². The Labute approximate surface area is 757 Å². The minimum atomic E-state index is -2.44. The fourth-order valence-corrected chi connectivity index (χ4v) is 19.2. The molecule has 10 amide bonds. The van der Waals surface area contributed by atoms with Crippen LogP contribution in [0.3, 0.4) is 0 Å². The molecule has 40 heteroatoms. The molecule has 7 aliphatic heterocycles. The molecule has 130 heavy (non-hydrogen) atoms. The van der Waals surface area contributed by atoms with Gasteiger partial charge in [0.15, 0.2) is 23.9 Å². The molecule has 7 heterocycles. The van der Waals surface area contributed by atoms with Crippen LogP contribution in [-0.2, 0) is 63.9 Å². The first kappa shape index (κ1) is 95.3. The molecule has 4 aliphatic carbocycles. The maximum absolute atomic E-state index is 16.7. The van der Waals surface area contributed by atoms with E-state index in [-0.39, 0.29) is 93.6 Å². The molecule has 0 aromatic heterocycles. The van der Waals surface area contributed by atoms with Gasteiger partial charge in [0.05, 0.1) is 47.9 Å². The van der Waals surface area contributed by atoms with Gasteiger partial charge in [0.25, 0.3) is 0 Å². The number of rotatable bonds is 23. The Morgan fingerprint density at radius 1 is 0.677 bits per heavy atom. The Balaban J connectivity index is 0.952. The van der Waals surface area contributed by atoms with E-state index >= 15 is 28.8 Å². The van der Waals surface area contributed by atoms with Gasteiger partial charge in [-0.15, -0.1) is 0 Å². The number of fused-ring (bicyclic) bond motifs is 15. The number of ether oxygens (including phenoxy) is 8. The van der Waals surface area contributed by atoms with Gasteiger partial charge in [-0.1, -0.05) is 68.2 Å². The van der Waals surface area contributed by atoms with Crippen molar-refractivity contribution in [2.45, 2.75) is 214 Å². The predicted octanol–water partition coefficient (Wildman–Crippen LogP) is 4.35. The van der Waals surface area contributed by atoms with E-state index in [1.807, 2.05) is 20.8 Å². The van der Waals surface area contributed by atoms with Gasteiger partial charge in [-0.05, 0) is 191 Å². The first-order valence-electron chi connectivity index (χ1n) is 43.3. The summed E-state index contributed by atoms with van der Waals surface area (Å²) in [5, 5.41) is 136. The number of imide groups is 1. The van der Waals surface area contributed by atoms with Crippen LogP contribution in [0, 0.1) is 29.6 Å². The minimum Gasteiger partial charge on any atom is -0.508 e. The predicted molar refractivity (Wildman–Crippen MR) is 464 cm³/mol. The van der Waals surface area contributed by atoms with Crippen molar-refractivity contribution in [3.05, 3.63) is 140 Å². The average Bonchev–Trinajstić information content (AvgIpc) is 0.753. The van der Waals surface area contributed by atoms with E-state index in [9.17, 15) is 60.3 Å². The molecule has 38 nitrogen and oxygen atoms in total. The summed E-state index contributed by atoms with van der Waals surface area (Å²) in [6.45, 7) is 8.75. The number of anilines is 1. The first-order valence-corrected chi connectivity index (χ1v) is 44.1. The van der Waals surface area contributed by atoms with Gasteiger partial charge in [0.1, 0.15) is 108 Å². The zero-order valence-electron chi connectivity index (χ0n) is 72.2. The number of hydrogen-bond donors (Lipinski definition) is 21. The van der Waals surface area contributed by atoms with Crippen LogP contribution in [0.2, 0.25) is 10.0 Å². The molecule has 0 radical (unpaired) electrons. The fraction of sp³-hybridized carbons (Fsp3) is 0.500. The molecule has 6 aromatic rings. The number of nitrogens with two attached hydrogens (primary N) is 1. The van der Waals surface area contributed by atoms with Crippen LogP contribution in [0.4, 0.5) is 10.5 Å². The summed E-state index contributed by atoms with van der Waals surface area (Å²) in [5.74, 6) is -13.6. The minimum absolute atomic E-state index is 0.0485. The fourth-order valence-electron chi connectivity index (χ4n) is 18.7. The molecule has 18 atom stereocenters. The number of benzene rings is 6. The molecular formula is C90H110Cl2N12O26. The largest absolute Gasteiger partial charge is 0.508 e. The highest BCUT2D eigenvalue weighted by Gasteiger charge is 2.53. The topological polar surface area (TPSA) is 568 Å². The number of phenolic OH excluding ortho intramolecular Hbond substituents is 3. The third-order valence-corrected chi connectivity index (χ3v) is 25.7. The lowest BCUT2D eigenvalue weighted by Gasteiger charge is -2.54. The van der Waals surface area contributed by atoms with Crippen molar-refractivity contribution < 1.29 is 127 Å². The number of aromatic hydroxyl groups is 3. The lowest BCUT2D eigenvalue weighted by molar-refractivity contribution is -0.333. The summed E-state index contributed by atoms with van der Waals surface area (Å²) in [7, 11) is 3.19. The highest BCUT2D eigenvalue weighted by Crippen LogP contribution is 2.55. The maximum atomic E-state index is 16.7. The monoisotopic (exact) mass is 1840 g/mol. The third-order valence-electron chi connectivity index (χ3n) is 25.1. The Hall–Kier alpha value is -10.8. The summed E-state index contributed by atoms with van der Waals surface area (Å²) in [4.78, 5) is 140. The van der Waals surface area contributed by atoms with E-state index in [2.05, 4.69) is 58.5 Å². The molecular weight excluding hydrogens is 1740 g/mol. The van der Waals surface area contributed by atoms with Gasteiger partial charge in [0, 0.05) is 65.7 Å². The number of aliphatic hydroxyl groups excluding tert-OH is 6. The van der Waals surface area contributed by atoms with Crippen LogP contribution in [-0.4, -0.2) is 225 Å². The number of halogens is 2. The molecule has 0 unspecified atom stereocenters. The van der Waals surface area contributed by atoms with Crippen LogP contribution < -0.4 is 83.2 Å². The number of carbonyl (C=O) groups excluding carboxylic acids is 9. The van der Waals surface area contributed by atoms with Crippen LogP contribution in [0.15, 0.2) is 97.1 Å². The number of phenols is 3. The number of urea groups is 1. The number of likely N-dealkylation sites (N-methyl/N-ethyl adjacent to an activating group) is 2. The molecule has 700 valence electrons. The molecule has 6 fully saturated rings. The second-order valence-corrected chi connectivity index (χ2v) is 36.0. The second-order valence-electron chi connectivity index (χ2n) is 35.2. The van der Waals surface area contributed by atoms with E-state index in [4.69, 9.17) is 66.8 Å². The molecule has 15 bridgehead atoms. The normalized spacial score (nSPS) is 29.6. The van der Waals surface area contributed by atoms with E-state index in [0.29, 0.717) is 42.7 Å². The highest BCUT2D eigenvalue weighted by molar-refractivity contribution is 6.32. The molecule has 11 aliphatic rings. The van der Waals surface area contributed by atoms with Gasteiger partial charge in [-0.2, -0.15) is 0 Å². The first-order chi connectivity index (χ1) is 62.0. The number of carbonyl (C=O) groups is 9. The van der Waals surface area contributed by atoms with Crippen LogP contribution in [0.25, 0.3) is 11.1 Å². The zero-order valence-corrected chi connectivity index (χ0v) is 73.7. The Kier molecular flexibility index (Phi) is 29.7. The lowest BCUT2D eigenvalue weighted by atomic mass is 9.54. The van der Waals surface area contributed by atoms with Gasteiger partial charge >= 0.3 is 6.03 Å². The summed E-state index contributed by atoms with van der Waals surface area (Å²) in [6.07, 6.45) is -14.0. The van der Waals surface area contributed by atoms with Gasteiger partial charge in [0.2, 0.25) is 59.3 Å². The average molecular weight is 1850 g/mol. The van der Waals surface area contributed by atoms with E-state index in [1.54, 1.807) is 13.1 Å². The number of hydrogen-bond acceptors (Lipinski definition) is 29.